The maximum Gasteiger partial charge on any atom is 0.417 e. The number of halogens is 3. The number of para-hydroxylation sites is 2. The molecule has 0 saturated carbocycles. The highest BCUT2D eigenvalue weighted by Gasteiger charge is 2.42. The van der Waals surface area contributed by atoms with Crippen LogP contribution in [0.25, 0.3) is 11.1 Å². The van der Waals surface area contributed by atoms with E-state index < -0.39 is 36.9 Å². The molecule has 0 radical (unpaired) electrons. The fourth-order valence-corrected chi connectivity index (χ4v) is 4.69. The Morgan fingerprint density at radius 1 is 1.05 bits per heavy atom. The lowest BCUT2D eigenvalue weighted by molar-refractivity contribution is -0.189. The SMILES string of the molecule is CN(CCOc1ccc(CC(OCC(F)(F)F)C(=O)N2C(=O)OC[C@H]2Cc2ccccc2)cc1)c1nc2ccccc2o1. The first-order valence-electron chi connectivity index (χ1n) is 13.7. The van der Waals surface area contributed by atoms with Crippen molar-refractivity contribution >= 4 is 29.1 Å². The minimum absolute atomic E-state index is 0.0565. The van der Waals surface area contributed by atoms with Gasteiger partial charge in [0.2, 0.25) is 0 Å². The van der Waals surface area contributed by atoms with Crippen LogP contribution in [-0.2, 0) is 27.1 Å². The van der Waals surface area contributed by atoms with Crippen molar-refractivity contribution in [3.05, 3.63) is 90.0 Å². The smallest absolute Gasteiger partial charge is 0.417 e. The van der Waals surface area contributed by atoms with Gasteiger partial charge in [-0.25, -0.2) is 9.69 Å². The number of oxazole rings is 1. The normalized spacial score (nSPS) is 15.9. The Labute approximate surface area is 245 Å². The molecule has 0 aliphatic carbocycles. The molecule has 226 valence electrons. The number of alkyl halides is 3. The van der Waals surface area contributed by atoms with E-state index in [4.69, 9.17) is 18.6 Å². The third-order valence-corrected chi connectivity index (χ3v) is 6.89. The minimum atomic E-state index is -4.66. The van der Waals surface area contributed by atoms with E-state index >= 15 is 0 Å². The summed E-state index contributed by atoms with van der Waals surface area (Å²) in [6, 6.07) is 23.0. The number of likely N-dealkylation sites (N-methyl/N-ethyl adjacent to an activating group) is 1. The Bertz CT molecular complexity index is 1490. The highest BCUT2D eigenvalue weighted by atomic mass is 19.4. The van der Waals surface area contributed by atoms with Gasteiger partial charge in [0.25, 0.3) is 11.9 Å². The summed E-state index contributed by atoms with van der Waals surface area (Å²) in [5.74, 6) is -0.352. The zero-order valence-corrected chi connectivity index (χ0v) is 23.3. The van der Waals surface area contributed by atoms with Crippen molar-refractivity contribution in [1.82, 2.24) is 9.88 Å². The molecule has 5 rings (SSSR count). The standard InChI is InChI=1S/C31H30F3N3O6/c1-36(29-35-25-9-5-6-10-26(25)43-29)15-16-40-24-13-11-22(12-14-24)18-27(42-20-31(32,33)34)28(38)37-23(19-41-30(37)39)17-21-7-3-2-4-8-21/h2-14,23,27H,15-20H2,1H3/t23-,27?/m1/s1. The number of anilines is 1. The van der Waals surface area contributed by atoms with Crippen molar-refractivity contribution in [1.29, 1.82) is 0 Å². The van der Waals surface area contributed by atoms with Crippen LogP contribution in [-0.4, -0.2) is 73.6 Å². The van der Waals surface area contributed by atoms with Gasteiger partial charge in [-0.1, -0.05) is 54.6 Å². The number of nitrogens with zero attached hydrogens (tertiary/aromatic N) is 3. The van der Waals surface area contributed by atoms with Crippen molar-refractivity contribution in [3.8, 4) is 5.75 Å². The molecule has 43 heavy (non-hydrogen) atoms. The van der Waals surface area contributed by atoms with Gasteiger partial charge in [0, 0.05) is 13.5 Å². The molecule has 9 nitrogen and oxygen atoms in total. The number of carbonyl (C=O) groups excluding carboxylic acids is 2. The highest BCUT2D eigenvalue weighted by molar-refractivity contribution is 5.96. The number of fused-ring (bicyclic) bond motifs is 1. The lowest BCUT2D eigenvalue weighted by Crippen LogP contribution is -2.47. The third-order valence-electron chi connectivity index (χ3n) is 6.89. The monoisotopic (exact) mass is 597 g/mol. The second-order valence-corrected chi connectivity index (χ2v) is 10.1. The van der Waals surface area contributed by atoms with Gasteiger partial charge in [-0.3, -0.25) is 4.79 Å². The highest BCUT2D eigenvalue weighted by Crippen LogP contribution is 2.24. The van der Waals surface area contributed by atoms with E-state index in [0.717, 1.165) is 16.0 Å². The molecule has 1 aliphatic heterocycles. The first-order chi connectivity index (χ1) is 20.7. The average Bonchev–Trinajstić information content (AvgIpc) is 3.59. The predicted octanol–water partition coefficient (Wildman–Crippen LogP) is 5.42. The Morgan fingerprint density at radius 3 is 2.49 bits per heavy atom. The zero-order valence-electron chi connectivity index (χ0n) is 23.3. The quantitative estimate of drug-likeness (QED) is 0.214. The molecule has 0 spiro atoms. The van der Waals surface area contributed by atoms with Crippen LogP contribution in [0.4, 0.5) is 24.0 Å². The second-order valence-electron chi connectivity index (χ2n) is 10.1. The molecule has 0 bridgehead atoms. The van der Waals surface area contributed by atoms with Crippen molar-refractivity contribution < 1.29 is 41.4 Å². The average molecular weight is 598 g/mol. The summed E-state index contributed by atoms with van der Waals surface area (Å²) >= 11 is 0. The number of cyclic esters (lactones) is 1. The number of hydrogen-bond acceptors (Lipinski definition) is 8. The first-order valence-corrected chi connectivity index (χ1v) is 13.7. The lowest BCUT2D eigenvalue weighted by Gasteiger charge is -2.25. The van der Waals surface area contributed by atoms with Crippen LogP contribution in [0.5, 0.6) is 5.75 Å². The van der Waals surface area contributed by atoms with Gasteiger partial charge in [-0.05, 0) is 41.8 Å². The van der Waals surface area contributed by atoms with E-state index in [-0.39, 0.29) is 13.0 Å². The molecule has 2 heterocycles. The zero-order chi connectivity index (χ0) is 30.4. The van der Waals surface area contributed by atoms with E-state index in [1.807, 2.05) is 66.5 Å². The molecule has 3 aromatic carbocycles. The summed E-state index contributed by atoms with van der Waals surface area (Å²) in [4.78, 5) is 33.0. The second kappa shape index (κ2) is 13.2. The minimum Gasteiger partial charge on any atom is -0.492 e. The number of ether oxygens (including phenoxy) is 3. The van der Waals surface area contributed by atoms with Crippen molar-refractivity contribution in [2.75, 3.05) is 38.3 Å². The van der Waals surface area contributed by atoms with E-state index in [9.17, 15) is 22.8 Å². The van der Waals surface area contributed by atoms with Gasteiger partial charge in [-0.15, -0.1) is 0 Å². The summed E-state index contributed by atoms with van der Waals surface area (Å²) < 4.78 is 60.8. The summed E-state index contributed by atoms with van der Waals surface area (Å²) in [5.41, 5.74) is 2.83. The summed E-state index contributed by atoms with van der Waals surface area (Å²) in [6.07, 6.45) is -6.99. The maximum atomic E-state index is 13.4. The van der Waals surface area contributed by atoms with E-state index in [1.54, 1.807) is 24.3 Å². The number of aromatic nitrogens is 1. The topological polar surface area (TPSA) is 94.3 Å². The Hall–Kier alpha value is -4.58. The summed E-state index contributed by atoms with van der Waals surface area (Å²) in [7, 11) is 1.83. The van der Waals surface area contributed by atoms with Gasteiger partial charge in [0.05, 0.1) is 12.6 Å². The fraction of sp³-hybridized carbons (Fsp3) is 0.323. The van der Waals surface area contributed by atoms with Gasteiger partial charge < -0.3 is 23.5 Å². The number of hydrogen-bond donors (Lipinski definition) is 0. The fourth-order valence-electron chi connectivity index (χ4n) is 4.69. The van der Waals surface area contributed by atoms with Crippen LogP contribution in [0.2, 0.25) is 0 Å². The number of imide groups is 1. The van der Waals surface area contributed by atoms with Crippen LogP contribution in [0.1, 0.15) is 11.1 Å². The molecule has 1 saturated heterocycles. The Kier molecular flexibility index (Phi) is 9.15. The molecular formula is C31H30F3N3O6. The lowest BCUT2D eigenvalue weighted by atomic mass is 10.0. The number of rotatable bonds is 12. The molecular weight excluding hydrogens is 567 g/mol. The first kappa shape index (κ1) is 29.9. The Morgan fingerprint density at radius 2 is 1.77 bits per heavy atom. The van der Waals surface area contributed by atoms with Crippen molar-refractivity contribution in [3.63, 3.8) is 0 Å². The third kappa shape index (κ3) is 7.83. The molecule has 4 aromatic rings. The predicted molar refractivity (Wildman–Crippen MR) is 151 cm³/mol. The van der Waals surface area contributed by atoms with Crippen LogP contribution in [0, 0.1) is 0 Å². The molecule has 0 N–H and O–H groups in total. The number of amides is 2. The largest absolute Gasteiger partial charge is 0.492 e. The molecule has 1 aliphatic rings. The molecule has 2 amide bonds. The van der Waals surface area contributed by atoms with Crippen LogP contribution in [0.15, 0.2) is 83.3 Å². The molecule has 1 unspecified atom stereocenters. The van der Waals surface area contributed by atoms with Crippen LogP contribution < -0.4 is 9.64 Å². The van der Waals surface area contributed by atoms with Gasteiger partial charge >= 0.3 is 12.3 Å². The molecule has 1 aromatic heterocycles. The van der Waals surface area contributed by atoms with Crippen molar-refractivity contribution in [2.24, 2.45) is 0 Å². The number of carbonyl (C=O) groups is 2. The van der Waals surface area contributed by atoms with E-state index in [2.05, 4.69) is 4.98 Å². The Balaban J connectivity index is 1.20. The van der Waals surface area contributed by atoms with Crippen molar-refractivity contribution in [2.45, 2.75) is 31.2 Å². The molecule has 2 atom stereocenters. The van der Waals surface area contributed by atoms with Gasteiger partial charge in [0.1, 0.15) is 37.2 Å². The van der Waals surface area contributed by atoms with Crippen LogP contribution >= 0.6 is 0 Å². The van der Waals surface area contributed by atoms with E-state index in [1.165, 1.54) is 0 Å². The molecule has 12 heteroatoms. The van der Waals surface area contributed by atoms with Gasteiger partial charge in [0.15, 0.2) is 5.58 Å². The molecule has 1 fully saturated rings. The maximum absolute atomic E-state index is 13.4. The van der Waals surface area contributed by atoms with Crippen LogP contribution in [0.3, 0.4) is 0 Å². The number of benzene rings is 3. The van der Waals surface area contributed by atoms with Gasteiger partial charge in [-0.2, -0.15) is 18.2 Å². The van der Waals surface area contributed by atoms with E-state index in [0.29, 0.717) is 42.5 Å². The summed E-state index contributed by atoms with van der Waals surface area (Å²) in [5, 5.41) is 0. The summed E-state index contributed by atoms with van der Waals surface area (Å²) in [6.45, 7) is -0.902.